The average Bonchev–Trinajstić information content (AvgIpc) is 2.26. The summed E-state index contributed by atoms with van der Waals surface area (Å²) in [6, 6.07) is 2.84. The zero-order valence-electron chi connectivity index (χ0n) is 9.73. The molecule has 2 N–H and O–H groups in total. The molecule has 5 heteroatoms. The predicted octanol–water partition coefficient (Wildman–Crippen LogP) is 1.36. The number of aromatic carboxylic acids is 1. The van der Waals surface area contributed by atoms with Crippen molar-refractivity contribution in [2.45, 2.75) is 20.4 Å². The van der Waals surface area contributed by atoms with E-state index in [2.05, 4.69) is 10.3 Å². The topological polar surface area (TPSA) is 79.3 Å². The predicted molar refractivity (Wildman–Crippen MR) is 62.5 cm³/mol. The van der Waals surface area contributed by atoms with Crippen LogP contribution < -0.4 is 5.32 Å². The van der Waals surface area contributed by atoms with Crippen LogP contribution in [0.4, 0.5) is 0 Å². The van der Waals surface area contributed by atoms with E-state index < -0.39 is 5.97 Å². The van der Waals surface area contributed by atoms with E-state index in [1.807, 2.05) is 13.8 Å². The second-order valence-corrected chi connectivity index (χ2v) is 3.78. The molecule has 0 aromatic carbocycles. The first-order valence-corrected chi connectivity index (χ1v) is 5.10. The molecule has 0 bridgehead atoms. The Kier molecular flexibility index (Phi) is 4.39. The van der Waals surface area contributed by atoms with E-state index in [4.69, 9.17) is 5.11 Å². The number of pyridine rings is 1. The first-order valence-electron chi connectivity index (χ1n) is 5.10. The minimum atomic E-state index is -1.01. The Balaban J connectivity index is 2.64. The van der Waals surface area contributed by atoms with Crippen molar-refractivity contribution in [3.05, 3.63) is 41.2 Å². The van der Waals surface area contributed by atoms with Crippen molar-refractivity contribution in [3.63, 3.8) is 0 Å². The zero-order valence-corrected chi connectivity index (χ0v) is 9.73. The van der Waals surface area contributed by atoms with Gasteiger partial charge in [-0.05, 0) is 26.0 Å². The highest BCUT2D eigenvalue weighted by molar-refractivity contribution is 5.88. The van der Waals surface area contributed by atoms with Crippen LogP contribution in [0.2, 0.25) is 0 Å². The molecule has 17 heavy (non-hydrogen) atoms. The summed E-state index contributed by atoms with van der Waals surface area (Å²) >= 11 is 0. The third-order valence-corrected chi connectivity index (χ3v) is 1.93. The van der Waals surface area contributed by atoms with Crippen molar-refractivity contribution in [1.29, 1.82) is 0 Å². The highest BCUT2D eigenvalue weighted by Gasteiger charge is 2.04. The lowest BCUT2D eigenvalue weighted by molar-refractivity contribution is -0.116. The molecule has 0 aliphatic rings. The largest absolute Gasteiger partial charge is 0.478 e. The molecule has 0 aliphatic carbocycles. The fourth-order valence-electron chi connectivity index (χ4n) is 1.20. The number of hydrogen-bond acceptors (Lipinski definition) is 3. The maximum atomic E-state index is 11.3. The van der Waals surface area contributed by atoms with Crippen LogP contribution in [0.25, 0.3) is 0 Å². The number of hydrogen-bond donors (Lipinski definition) is 2. The number of carbonyl (C=O) groups is 2. The van der Waals surface area contributed by atoms with E-state index in [1.54, 1.807) is 0 Å². The number of allylic oxidation sites excluding steroid dienone is 1. The molecule has 0 atom stereocenters. The normalized spacial score (nSPS) is 9.53. The van der Waals surface area contributed by atoms with Gasteiger partial charge in [0.15, 0.2) is 0 Å². The molecule has 1 heterocycles. The highest BCUT2D eigenvalue weighted by atomic mass is 16.4. The Hall–Kier alpha value is -2.17. The molecule has 1 aromatic rings. The van der Waals surface area contributed by atoms with Crippen molar-refractivity contribution in [2.24, 2.45) is 0 Å². The summed E-state index contributed by atoms with van der Waals surface area (Å²) in [5.41, 5.74) is 1.57. The fraction of sp³-hybridized carbons (Fsp3) is 0.250. The van der Waals surface area contributed by atoms with Crippen molar-refractivity contribution < 1.29 is 14.7 Å². The third-order valence-electron chi connectivity index (χ3n) is 1.93. The summed E-state index contributed by atoms with van der Waals surface area (Å²) in [6.07, 6.45) is 2.88. The van der Waals surface area contributed by atoms with Gasteiger partial charge < -0.3 is 10.4 Å². The van der Waals surface area contributed by atoms with Gasteiger partial charge in [-0.3, -0.25) is 9.78 Å². The van der Waals surface area contributed by atoms with Gasteiger partial charge in [-0.2, -0.15) is 0 Å². The zero-order chi connectivity index (χ0) is 12.8. The van der Waals surface area contributed by atoms with Gasteiger partial charge in [0.25, 0.3) is 0 Å². The van der Waals surface area contributed by atoms with Crippen LogP contribution >= 0.6 is 0 Å². The van der Waals surface area contributed by atoms with Gasteiger partial charge in [-0.1, -0.05) is 5.57 Å². The number of nitrogens with zero attached hydrogens (tertiary/aromatic N) is 1. The number of nitrogens with one attached hydrogen (secondary N) is 1. The lowest BCUT2D eigenvalue weighted by Gasteiger charge is -2.03. The molecule has 0 fully saturated rings. The summed E-state index contributed by atoms with van der Waals surface area (Å²) < 4.78 is 0. The lowest BCUT2D eigenvalue weighted by atomic mass is 10.2. The van der Waals surface area contributed by atoms with E-state index in [-0.39, 0.29) is 18.0 Å². The number of carboxylic acids is 1. The van der Waals surface area contributed by atoms with E-state index in [0.29, 0.717) is 5.69 Å². The first-order chi connectivity index (χ1) is 7.99. The Bertz CT molecular complexity index is 463. The minimum absolute atomic E-state index is 0.159. The highest BCUT2D eigenvalue weighted by Crippen LogP contribution is 2.01. The molecule has 0 saturated carbocycles. The number of carboxylic acid groups (broad SMARTS) is 1. The molecule has 0 aliphatic heterocycles. The van der Waals surface area contributed by atoms with E-state index in [1.165, 1.54) is 24.4 Å². The SMILES string of the molecule is CC(C)=CC(=O)NCc1cc(C(=O)O)ccn1. The molecule has 0 spiro atoms. The molecule has 90 valence electrons. The summed E-state index contributed by atoms with van der Waals surface area (Å²) in [7, 11) is 0. The van der Waals surface area contributed by atoms with Gasteiger partial charge in [0, 0.05) is 12.3 Å². The van der Waals surface area contributed by atoms with Crippen LogP contribution in [0.1, 0.15) is 29.9 Å². The van der Waals surface area contributed by atoms with Crippen molar-refractivity contribution in [2.75, 3.05) is 0 Å². The van der Waals surface area contributed by atoms with Gasteiger partial charge in [-0.15, -0.1) is 0 Å². The Morgan fingerprint density at radius 1 is 1.47 bits per heavy atom. The molecule has 1 amide bonds. The summed E-state index contributed by atoms with van der Waals surface area (Å²) in [4.78, 5) is 26.0. The molecule has 0 saturated heterocycles. The Morgan fingerprint density at radius 2 is 2.18 bits per heavy atom. The standard InChI is InChI=1S/C12H14N2O3/c1-8(2)5-11(15)14-7-10-6-9(12(16)17)3-4-13-10/h3-6H,7H2,1-2H3,(H,14,15)(H,16,17). The molecular weight excluding hydrogens is 220 g/mol. The third kappa shape index (κ3) is 4.46. The van der Waals surface area contributed by atoms with E-state index in [0.717, 1.165) is 5.57 Å². The fourth-order valence-corrected chi connectivity index (χ4v) is 1.20. The summed E-state index contributed by atoms with van der Waals surface area (Å²) in [6.45, 7) is 3.86. The van der Waals surface area contributed by atoms with E-state index in [9.17, 15) is 9.59 Å². The molecule has 1 aromatic heterocycles. The van der Waals surface area contributed by atoms with Crippen molar-refractivity contribution in [1.82, 2.24) is 10.3 Å². The number of carbonyl (C=O) groups excluding carboxylic acids is 1. The van der Waals surface area contributed by atoms with E-state index >= 15 is 0 Å². The second kappa shape index (κ2) is 5.79. The smallest absolute Gasteiger partial charge is 0.335 e. The second-order valence-electron chi connectivity index (χ2n) is 3.78. The van der Waals surface area contributed by atoms with Crippen LogP contribution in [0.5, 0.6) is 0 Å². The van der Waals surface area contributed by atoms with Crippen LogP contribution in [-0.4, -0.2) is 22.0 Å². The van der Waals surface area contributed by atoms with Gasteiger partial charge in [0.1, 0.15) is 0 Å². The van der Waals surface area contributed by atoms with Crippen LogP contribution in [0.3, 0.4) is 0 Å². The summed E-state index contributed by atoms with van der Waals surface area (Å²) in [5, 5.41) is 11.4. The molecular formula is C12H14N2O3. The number of amides is 1. The first kappa shape index (κ1) is 12.9. The van der Waals surface area contributed by atoms with Gasteiger partial charge in [-0.25, -0.2) is 4.79 Å². The number of rotatable bonds is 4. The maximum Gasteiger partial charge on any atom is 0.335 e. The van der Waals surface area contributed by atoms with Gasteiger partial charge in [0.05, 0.1) is 17.8 Å². The molecule has 5 nitrogen and oxygen atoms in total. The maximum absolute atomic E-state index is 11.3. The number of aromatic nitrogens is 1. The lowest BCUT2D eigenvalue weighted by Crippen LogP contribution is -2.21. The Labute approximate surface area is 99.2 Å². The van der Waals surface area contributed by atoms with Crippen LogP contribution in [-0.2, 0) is 11.3 Å². The monoisotopic (exact) mass is 234 g/mol. The average molecular weight is 234 g/mol. The molecule has 0 radical (unpaired) electrons. The molecule has 0 unspecified atom stereocenters. The van der Waals surface area contributed by atoms with Gasteiger partial charge >= 0.3 is 5.97 Å². The minimum Gasteiger partial charge on any atom is -0.478 e. The Morgan fingerprint density at radius 3 is 2.76 bits per heavy atom. The van der Waals surface area contributed by atoms with Crippen LogP contribution in [0.15, 0.2) is 30.0 Å². The molecule has 1 rings (SSSR count). The van der Waals surface area contributed by atoms with Crippen molar-refractivity contribution >= 4 is 11.9 Å². The van der Waals surface area contributed by atoms with Gasteiger partial charge in [0.2, 0.25) is 5.91 Å². The van der Waals surface area contributed by atoms with Crippen molar-refractivity contribution in [3.8, 4) is 0 Å². The summed E-state index contributed by atoms with van der Waals surface area (Å²) in [5.74, 6) is -1.23. The van der Waals surface area contributed by atoms with Crippen LogP contribution in [0, 0.1) is 0 Å². The quantitative estimate of drug-likeness (QED) is 0.771.